The second-order valence-corrected chi connectivity index (χ2v) is 6.56. The molecule has 1 amide bonds. The molecule has 108 valence electrons. The number of nitrogens with one attached hydrogen (secondary N) is 1. The quantitative estimate of drug-likeness (QED) is 0.800. The summed E-state index contributed by atoms with van der Waals surface area (Å²) in [6.07, 6.45) is 1.22. The molecule has 0 bridgehead atoms. The van der Waals surface area contributed by atoms with E-state index in [0.29, 0.717) is 19.6 Å². The molecular weight excluding hydrogens is 292 g/mol. The molecule has 2 aromatic rings. The van der Waals surface area contributed by atoms with Crippen molar-refractivity contribution in [1.82, 2.24) is 10.3 Å². The summed E-state index contributed by atoms with van der Waals surface area (Å²) < 4.78 is 4.91. The number of carbonyl (C=O) groups is 1. The number of aromatic nitrogens is 1. The van der Waals surface area contributed by atoms with Crippen molar-refractivity contribution in [1.29, 1.82) is 0 Å². The van der Waals surface area contributed by atoms with Crippen molar-refractivity contribution in [3.05, 3.63) is 27.4 Å². The Morgan fingerprint density at radius 1 is 1.50 bits per heavy atom. The van der Waals surface area contributed by atoms with E-state index in [1.165, 1.54) is 9.75 Å². The van der Waals surface area contributed by atoms with Gasteiger partial charge >= 0.3 is 0 Å². The first-order valence-corrected chi connectivity index (χ1v) is 8.16. The van der Waals surface area contributed by atoms with Gasteiger partial charge in [0, 0.05) is 25.0 Å². The standard InChI is InChI=1S/C14H18N2O2S2/c1-10-16-14(11-4-3-9-19-11)12(20-10)5-6-13(17)15-7-8-18-2/h3-4,9H,5-8H2,1-2H3,(H,15,17). The van der Waals surface area contributed by atoms with Crippen LogP contribution in [0.4, 0.5) is 0 Å². The first-order valence-electron chi connectivity index (χ1n) is 6.46. The zero-order chi connectivity index (χ0) is 14.4. The molecule has 0 unspecified atom stereocenters. The summed E-state index contributed by atoms with van der Waals surface area (Å²) in [5, 5.41) is 5.93. The van der Waals surface area contributed by atoms with E-state index in [0.717, 1.165) is 17.1 Å². The fourth-order valence-corrected chi connectivity index (χ4v) is 3.61. The SMILES string of the molecule is COCCNC(=O)CCc1sc(C)nc1-c1cccs1. The van der Waals surface area contributed by atoms with Crippen LogP contribution in [0.3, 0.4) is 0 Å². The highest BCUT2D eigenvalue weighted by atomic mass is 32.1. The second kappa shape index (κ2) is 7.52. The molecule has 6 heteroatoms. The molecule has 0 spiro atoms. The fourth-order valence-electron chi connectivity index (χ4n) is 1.85. The largest absolute Gasteiger partial charge is 0.383 e. The number of ether oxygens (including phenoxy) is 1. The van der Waals surface area contributed by atoms with Crippen LogP contribution in [0.25, 0.3) is 10.6 Å². The molecule has 20 heavy (non-hydrogen) atoms. The highest BCUT2D eigenvalue weighted by Gasteiger charge is 2.13. The van der Waals surface area contributed by atoms with Gasteiger partial charge in [-0.05, 0) is 24.8 Å². The molecule has 2 rings (SSSR count). The van der Waals surface area contributed by atoms with Crippen LogP contribution in [0, 0.1) is 6.92 Å². The lowest BCUT2D eigenvalue weighted by Gasteiger charge is -2.04. The highest BCUT2D eigenvalue weighted by molar-refractivity contribution is 7.15. The van der Waals surface area contributed by atoms with Gasteiger partial charge in [0.25, 0.3) is 0 Å². The summed E-state index contributed by atoms with van der Waals surface area (Å²) in [6.45, 7) is 3.12. The molecule has 0 aliphatic carbocycles. The van der Waals surface area contributed by atoms with Crippen LogP contribution in [-0.2, 0) is 16.0 Å². The van der Waals surface area contributed by atoms with Gasteiger partial charge in [-0.15, -0.1) is 22.7 Å². The van der Waals surface area contributed by atoms with Crippen LogP contribution < -0.4 is 5.32 Å². The number of thiazole rings is 1. The maximum atomic E-state index is 11.7. The minimum Gasteiger partial charge on any atom is -0.383 e. The Morgan fingerprint density at radius 3 is 3.05 bits per heavy atom. The summed E-state index contributed by atoms with van der Waals surface area (Å²) in [6, 6.07) is 4.09. The second-order valence-electron chi connectivity index (χ2n) is 4.32. The summed E-state index contributed by atoms with van der Waals surface area (Å²) in [5.41, 5.74) is 1.03. The van der Waals surface area contributed by atoms with E-state index in [2.05, 4.69) is 16.4 Å². The van der Waals surface area contributed by atoms with Gasteiger partial charge in [-0.3, -0.25) is 4.79 Å². The average Bonchev–Trinajstić information content (AvgIpc) is 3.05. The van der Waals surface area contributed by atoms with Gasteiger partial charge in [0.15, 0.2) is 0 Å². The monoisotopic (exact) mass is 310 g/mol. The number of nitrogens with zero attached hydrogens (tertiary/aromatic N) is 1. The van der Waals surface area contributed by atoms with Crippen LogP contribution in [0.2, 0.25) is 0 Å². The van der Waals surface area contributed by atoms with Crippen LogP contribution in [-0.4, -0.2) is 31.2 Å². The van der Waals surface area contributed by atoms with Crippen LogP contribution in [0.1, 0.15) is 16.3 Å². The van der Waals surface area contributed by atoms with E-state index in [-0.39, 0.29) is 5.91 Å². The molecule has 0 atom stereocenters. The number of thiophene rings is 1. The maximum absolute atomic E-state index is 11.7. The fraction of sp³-hybridized carbons (Fsp3) is 0.429. The van der Waals surface area contributed by atoms with Crippen molar-refractivity contribution < 1.29 is 9.53 Å². The van der Waals surface area contributed by atoms with Crippen molar-refractivity contribution in [3.8, 4) is 10.6 Å². The van der Waals surface area contributed by atoms with Crippen molar-refractivity contribution in [3.63, 3.8) is 0 Å². The molecule has 0 saturated heterocycles. The molecule has 4 nitrogen and oxygen atoms in total. The molecule has 0 radical (unpaired) electrons. The Kier molecular flexibility index (Phi) is 5.70. The van der Waals surface area contributed by atoms with Gasteiger partial charge in [0.2, 0.25) is 5.91 Å². The zero-order valence-corrected chi connectivity index (χ0v) is 13.3. The molecule has 2 aromatic heterocycles. The van der Waals surface area contributed by atoms with E-state index in [1.54, 1.807) is 29.8 Å². The van der Waals surface area contributed by atoms with Gasteiger partial charge in [-0.1, -0.05) is 6.07 Å². The zero-order valence-electron chi connectivity index (χ0n) is 11.6. The first kappa shape index (κ1) is 15.2. The first-order chi connectivity index (χ1) is 9.70. The Hall–Kier alpha value is -1.24. The highest BCUT2D eigenvalue weighted by Crippen LogP contribution is 2.31. The number of carbonyl (C=O) groups excluding carboxylic acids is 1. The summed E-state index contributed by atoms with van der Waals surface area (Å²) in [4.78, 5) is 18.7. The van der Waals surface area contributed by atoms with Gasteiger partial charge in [-0.2, -0.15) is 0 Å². The number of methoxy groups -OCH3 is 1. The summed E-state index contributed by atoms with van der Waals surface area (Å²) in [7, 11) is 1.62. The lowest BCUT2D eigenvalue weighted by Crippen LogP contribution is -2.27. The Bertz CT molecular complexity index is 550. The third-order valence-corrected chi connectivity index (χ3v) is 4.67. The van der Waals surface area contributed by atoms with E-state index in [4.69, 9.17) is 4.74 Å². The number of rotatable bonds is 7. The van der Waals surface area contributed by atoms with Crippen LogP contribution >= 0.6 is 22.7 Å². The van der Waals surface area contributed by atoms with Crippen molar-refractivity contribution in [2.75, 3.05) is 20.3 Å². The number of aryl methyl sites for hydroxylation is 2. The summed E-state index contributed by atoms with van der Waals surface area (Å²) in [5.74, 6) is 0.0604. The molecular formula is C14H18N2O2S2. The van der Waals surface area contributed by atoms with E-state index >= 15 is 0 Å². The van der Waals surface area contributed by atoms with Gasteiger partial charge in [-0.25, -0.2) is 4.98 Å². The minimum atomic E-state index is 0.0604. The van der Waals surface area contributed by atoms with E-state index in [9.17, 15) is 4.79 Å². The predicted octanol–water partition coefficient (Wildman–Crippen LogP) is 2.88. The number of hydrogen-bond donors (Lipinski definition) is 1. The van der Waals surface area contributed by atoms with E-state index in [1.807, 2.05) is 18.4 Å². The predicted molar refractivity (Wildman–Crippen MR) is 83.4 cm³/mol. The topological polar surface area (TPSA) is 51.2 Å². The third-order valence-electron chi connectivity index (χ3n) is 2.77. The Labute approximate surface area is 126 Å². The van der Waals surface area contributed by atoms with Crippen LogP contribution in [0.15, 0.2) is 17.5 Å². The number of amides is 1. The van der Waals surface area contributed by atoms with Crippen molar-refractivity contribution in [2.45, 2.75) is 19.8 Å². The van der Waals surface area contributed by atoms with E-state index < -0.39 is 0 Å². The summed E-state index contributed by atoms with van der Waals surface area (Å²) >= 11 is 3.36. The molecule has 0 saturated carbocycles. The third kappa shape index (κ3) is 4.13. The van der Waals surface area contributed by atoms with Gasteiger partial charge in [0.05, 0.1) is 22.2 Å². The average molecular weight is 310 g/mol. The van der Waals surface area contributed by atoms with Gasteiger partial charge in [0.1, 0.15) is 0 Å². The molecule has 2 heterocycles. The van der Waals surface area contributed by atoms with Gasteiger partial charge < -0.3 is 10.1 Å². The molecule has 0 aliphatic heterocycles. The lowest BCUT2D eigenvalue weighted by atomic mass is 10.2. The Morgan fingerprint density at radius 2 is 2.35 bits per heavy atom. The minimum absolute atomic E-state index is 0.0604. The van der Waals surface area contributed by atoms with Crippen molar-refractivity contribution >= 4 is 28.6 Å². The Balaban J connectivity index is 1.95. The lowest BCUT2D eigenvalue weighted by molar-refractivity contribution is -0.121. The van der Waals surface area contributed by atoms with Crippen LogP contribution in [0.5, 0.6) is 0 Å². The molecule has 0 aromatic carbocycles. The van der Waals surface area contributed by atoms with Crippen molar-refractivity contribution in [2.24, 2.45) is 0 Å². The smallest absolute Gasteiger partial charge is 0.220 e. The molecule has 0 fully saturated rings. The maximum Gasteiger partial charge on any atom is 0.220 e. The number of hydrogen-bond acceptors (Lipinski definition) is 5. The normalized spacial score (nSPS) is 10.7. The molecule has 1 N–H and O–H groups in total. The molecule has 0 aliphatic rings.